The molecule has 0 bridgehead atoms. The molecule has 0 unspecified atom stereocenters. The lowest BCUT2D eigenvalue weighted by molar-refractivity contribution is 0.190. The van der Waals surface area contributed by atoms with Gasteiger partial charge in [-0.1, -0.05) is 12.1 Å². The van der Waals surface area contributed by atoms with Crippen LogP contribution >= 0.6 is 0 Å². The molecular formula is C24H31FN6O2. The molecule has 1 saturated heterocycles. The van der Waals surface area contributed by atoms with Crippen LogP contribution < -0.4 is 10.9 Å². The fourth-order valence-corrected chi connectivity index (χ4v) is 4.51. The fourth-order valence-electron chi connectivity index (χ4n) is 4.51. The Kier molecular flexibility index (Phi) is 6.90. The monoisotopic (exact) mass is 454 g/mol. The highest BCUT2D eigenvalue weighted by atomic mass is 19.1. The largest absolute Gasteiger partial charge is 0.383 e. The summed E-state index contributed by atoms with van der Waals surface area (Å²) in [5.41, 5.74) is 2.42. The molecular weight excluding hydrogens is 423 g/mol. The van der Waals surface area contributed by atoms with Crippen LogP contribution in [-0.2, 0) is 11.8 Å². The van der Waals surface area contributed by atoms with Crippen molar-refractivity contribution in [1.29, 1.82) is 0 Å². The molecule has 0 aliphatic carbocycles. The van der Waals surface area contributed by atoms with Crippen LogP contribution in [0.15, 0.2) is 41.3 Å². The van der Waals surface area contributed by atoms with Crippen molar-refractivity contribution in [3.05, 3.63) is 52.7 Å². The quantitative estimate of drug-likeness (QED) is 0.591. The number of nitrogens with one attached hydrogen (secondary N) is 1. The molecule has 0 radical (unpaired) electrons. The molecule has 0 saturated carbocycles. The first-order valence-electron chi connectivity index (χ1n) is 11.2. The highest BCUT2D eigenvalue weighted by Gasteiger charge is 2.28. The number of hydrogen-bond donors (Lipinski definition) is 1. The predicted octanol–water partition coefficient (Wildman–Crippen LogP) is 3.16. The predicted molar refractivity (Wildman–Crippen MR) is 127 cm³/mol. The smallest absolute Gasteiger partial charge is 0.275 e. The molecule has 1 N–H and O–H groups in total. The normalized spacial score (nSPS) is 16.2. The van der Waals surface area contributed by atoms with Crippen molar-refractivity contribution in [2.75, 3.05) is 39.2 Å². The van der Waals surface area contributed by atoms with Crippen molar-refractivity contribution < 1.29 is 9.13 Å². The number of hydrogen-bond acceptors (Lipinski definition) is 6. The Balaban J connectivity index is 1.84. The second-order valence-electron chi connectivity index (χ2n) is 8.70. The third-order valence-corrected chi connectivity index (χ3v) is 6.16. The van der Waals surface area contributed by atoms with Gasteiger partial charge in [-0.15, -0.1) is 0 Å². The molecule has 9 heteroatoms. The average Bonchev–Trinajstić information content (AvgIpc) is 3.05. The molecule has 8 nitrogen and oxygen atoms in total. The maximum atomic E-state index is 13.8. The summed E-state index contributed by atoms with van der Waals surface area (Å²) in [5, 5.41) is 3.23. The highest BCUT2D eigenvalue weighted by molar-refractivity contribution is 5.79. The lowest BCUT2D eigenvalue weighted by Crippen LogP contribution is -2.36. The Morgan fingerprint density at radius 3 is 2.55 bits per heavy atom. The van der Waals surface area contributed by atoms with E-state index in [0.29, 0.717) is 35.1 Å². The standard InChI is InChI=1S/C24H31FN6O2/c1-16(15-33-4)27-24-26-12-9-20(28-24)22-21(17-5-7-18(25)8-6-17)23(32)31(30(22)3)19-10-13-29(2)14-11-19/h5-9,12,16,19H,10-11,13-15H2,1-4H3,(H,26,27,28)/t16-/m0/s1. The van der Waals surface area contributed by atoms with E-state index in [1.54, 1.807) is 31.5 Å². The molecule has 3 aromatic rings. The Bertz CT molecular complexity index is 1150. The van der Waals surface area contributed by atoms with E-state index in [2.05, 4.69) is 22.2 Å². The van der Waals surface area contributed by atoms with E-state index >= 15 is 0 Å². The molecule has 1 fully saturated rings. The lowest BCUT2D eigenvalue weighted by Gasteiger charge is -2.30. The van der Waals surface area contributed by atoms with Gasteiger partial charge in [0.15, 0.2) is 0 Å². The van der Waals surface area contributed by atoms with E-state index in [1.807, 2.05) is 23.3 Å². The van der Waals surface area contributed by atoms with Crippen molar-refractivity contribution in [3.63, 3.8) is 0 Å². The van der Waals surface area contributed by atoms with E-state index in [0.717, 1.165) is 25.9 Å². The minimum atomic E-state index is -0.340. The summed E-state index contributed by atoms with van der Waals surface area (Å²) >= 11 is 0. The van der Waals surface area contributed by atoms with Crippen LogP contribution in [0.25, 0.3) is 22.5 Å². The number of rotatable bonds is 7. The summed E-state index contributed by atoms with van der Waals surface area (Å²) in [7, 11) is 5.64. The number of aromatic nitrogens is 4. The molecule has 1 atom stereocenters. The SMILES string of the molecule is COC[C@H](C)Nc1nccc(-c2c(-c3ccc(F)cc3)c(=O)n(C3CCN(C)CC3)n2C)n1. The molecule has 176 valence electrons. The number of nitrogens with zero attached hydrogens (tertiary/aromatic N) is 5. The van der Waals surface area contributed by atoms with Crippen LogP contribution in [0.3, 0.4) is 0 Å². The molecule has 0 amide bonds. The van der Waals surface area contributed by atoms with Gasteiger partial charge >= 0.3 is 0 Å². The fraction of sp³-hybridized carbons (Fsp3) is 0.458. The number of benzene rings is 1. The number of halogens is 1. The van der Waals surface area contributed by atoms with Crippen molar-refractivity contribution in [2.45, 2.75) is 31.8 Å². The molecule has 0 spiro atoms. The summed E-state index contributed by atoms with van der Waals surface area (Å²) in [6, 6.07) is 7.97. The minimum Gasteiger partial charge on any atom is -0.383 e. The first kappa shape index (κ1) is 23.1. The topological polar surface area (TPSA) is 77.2 Å². The number of piperidine rings is 1. The Hall–Kier alpha value is -3.04. The summed E-state index contributed by atoms with van der Waals surface area (Å²) in [6.45, 7) is 4.36. The summed E-state index contributed by atoms with van der Waals surface area (Å²) in [5.74, 6) is 0.120. The number of methoxy groups -OCH3 is 1. The van der Waals surface area contributed by atoms with Gasteiger partial charge in [0.05, 0.1) is 29.6 Å². The van der Waals surface area contributed by atoms with E-state index < -0.39 is 0 Å². The molecule has 1 aliphatic rings. The molecule has 2 aromatic heterocycles. The Labute approximate surface area is 193 Å². The van der Waals surface area contributed by atoms with Gasteiger partial charge in [0, 0.05) is 26.4 Å². The molecule has 1 aliphatic heterocycles. The zero-order valence-electron chi connectivity index (χ0n) is 19.6. The third kappa shape index (κ3) is 4.84. The maximum absolute atomic E-state index is 13.8. The lowest BCUT2D eigenvalue weighted by atomic mass is 10.0. The second-order valence-corrected chi connectivity index (χ2v) is 8.70. The molecule has 4 rings (SSSR count). The number of anilines is 1. The molecule has 1 aromatic carbocycles. The first-order chi connectivity index (χ1) is 15.9. The highest BCUT2D eigenvalue weighted by Crippen LogP contribution is 2.32. The van der Waals surface area contributed by atoms with Gasteiger partial charge in [0.2, 0.25) is 5.95 Å². The van der Waals surface area contributed by atoms with E-state index in [4.69, 9.17) is 9.72 Å². The third-order valence-electron chi connectivity index (χ3n) is 6.16. The van der Waals surface area contributed by atoms with Crippen LogP contribution in [0.1, 0.15) is 25.8 Å². The van der Waals surface area contributed by atoms with Crippen molar-refractivity contribution in [2.24, 2.45) is 7.05 Å². The van der Waals surface area contributed by atoms with Crippen molar-refractivity contribution in [1.82, 2.24) is 24.2 Å². The molecule has 33 heavy (non-hydrogen) atoms. The summed E-state index contributed by atoms with van der Waals surface area (Å²) < 4.78 is 22.6. The summed E-state index contributed by atoms with van der Waals surface area (Å²) in [4.78, 5) is 25.1. The summed E-state index contributed by atoms with van der Waals surface area (Å²) in [6.07, 6.45) is 3.46. The minimum absolute atomic E-state index is 0.0227. The van der Waals surface area contributed by atoms with Crippen LogP contribution in [0.4, 0.5) is 10.3 Å². The van der Waals surface area contributed by atoms with Gasteiger partial charge in [-0.25, -0.2) is 19.0 Å². The first-order valence-corrected chi connectivity index (χ1v) is 11.2. The van der Waals surface area contributed by atoms with E-state index in [9.17, 15) is 9.18 Å². The second kappa shape index (κ2) is 9.84. The van der Waals surface area contributed by atoms with E-state index in [1.165, 1.54) is 12.1 Å². The Morgan fingerprint density at radius 2 is 1.88 bits per heavy atom. The van der Waals surface area contributed by atoms with Gasteiger partial charge in [-0.2, -0.15) is 0 Å². The van der Waals surface area contributed by atoms with Gasteiger partial charge in [-0.3, -0.25) is 9.48 Å². The van der Waals surface area contributed by atoms with Crippen molar-refractivity contribution in [3.8, 4) is 22.5 Å². The zero-order chi connectivity index (χ0) is 23.5. The Morgan fingerprint density at radius 1 is 1.18 bits per heavy atom. The zero-order valence-corrected chi connectivity index (χ0v) is 19.6. The van der Waals surface area contributed by atoms with Gasteiger partial charge in [0.25, 0.3) is 5.56 Å². The van der Waals surface area contributed by atoms with Crippen LogP contribution in [-0.4, -0.2) is 64.1 Å². The molecule has 3 heterocycles. The van der Waals surface area contributed by atoms with Crippen LogP contribution in [0, 0.1) is 5.82 Å². The van der Waals surface area contributed by atoms with Crippen molar-refractivity contribution >= 4 is 5.95 Å². The van der Waals surface area contributed by atoms with Crippen LogP contribution in [0.2, 0.25) is 0 Å². The number of ether oxygens (including phenoxy) is 1. The van der Waals surface area contributed by atoms with Gasteiger partial charge in [-0.05, 0) is 63.7 Å². The van der Waals surface area contributed by atoms with E-state index in [-0.39, 0.29) is 23.5 Å². The number of likely N-dealkylation sites (tertiary alicyclic amines) is 1. The van der Waals surface area contributed by atoms with Gasteiger partial charge in [0.1, 0.15) is 5.82 Å². The maximum Gasteiger partial charge on any atom is 0.275 e. The average molecular weight is 455 g/mol. The van der Waals surface area contributed by atoms with Gasteiger partial charge < -0.3 is 15.0 Å². The van der Waals surface area contributed by atoms with Crippen LogP contribution in [0.5, 0.6) is 0 Å².